The van der Waals surface area contributed by atoms with Crippen LogP contribution in [0.3, 0.4) is 0 Å². The predicted octanol–water partition coefficient (Wildman–Crippen LogP) is 3.23. The molecule has 0 spiro atoms. The lowest BCUT2D eigenvalue weighted by Gasteiger charge is -2.31. The van der Waals surface area contributed by atoms with Gasteiger partial charge in [0.05, 0.1) is 28.3 Å². The molecule has 0 aliphatic carbocycles. The number of likely N-dealkylation sites (N-methyl/N-ethyl adjacent to an activating group) is 1. The number of nitro benzene ring substituents is 1. The Labute approximate surface area is 219 Å². The Kier molecular flexibility index (Phi) is 9.91. The van der Waals surface area contributed by atoms with Crippen molar-refractivity contribution in [3.05, 3.63) is 62.1 Å². The second-order valence-electron chi connectivity index (χ2n) is 7.72. The fraction of sp³-hybridized carbons (Fsp3) is 0.364. The number of hydrogen-bond acceptors (Lipinski definition) is 7. The summed E-state index contributed by atoms with van der Waals surface area (Å²) >= 11 is 12.1. The minimum absolute atomic E-state index is 0.00614. The number of hydrogen-bond donors (Lipinski definition) is 1. The van der Waals surface area contributed by atoms with Crippen LogP contribution in [0.25, 0.3) is 0 Å². The minimum Gasteiger partial charge on any atom is -0.495 e. The lowest BCUT2D eigenvalue weighted by Crippen LogP contribution is -2.51. The molecule has 0 bridgehead atoms. The number of ether oxygens (including phenoxy) is 1. The van der Waals surface area contributed by atoms with Crippen LogP contribution >= 0.6 is 23.2 Å². The van der Waals surface area contributed by atoms with Crippen LogP contribution in [0, 0.1) is 10.1 Å². The van der Waals surface area contributed by atoms with Gasteiger partial charge in [0.25, 0.3) is 5.69 Å². The first-order valence-electron chi connectivity index (χ1n) is 10.6. The maximum atomic E-state index is 13.5. The summed E-state index contributed by atoms with van der Waals surface area (Å²) in [5, 5.41) is 14.5. The van der Waals surface area contributed by atoms with E-state index in [2.05, 4.69) is 5.32 Å². The lowest BCUT2D eigenvalue weighted by molar-refractivity contribution is -0.384. The molecule has 0 saturated carbocycles. The van der Waals surface area contributed by atoms with Gasteiger partial charge >= 0.3 is 0 Å². The Hall–Kier alpha value is -3.09. The van der Waals surface area contributed by atoms with E-state index in [0.29, 0.717) is 21.4 Å². The number of halogens is 2. The summed E-state index contributed by atoms with van der Waals surface area (Å²) in [7, 11) is -2.85. The van der Waals surface area contributed by atoms with Crippen LogP contribution in [-0.2, 0) is 26.2 Å². The molecule has 0 saturated heterocycles. The smallest absolute Gasteiger partial charge is 0.271 e. The van der Waals surface area contributed by atoms with E-state index in [4.69, 9.17) is 27.9 Å². The van der Waals surface area contributed by atoms with Crippen molar-refractivity contribution in [1.82, 2.24) is 10.2 Å². The summed E-state index contributed by atoms with van der Waals surface area (Å²) in [5.74, 6) is -1.19. The Morgan fingerprint density at radius 2 is 1.83 bits per heavy atom. The van der Waals surface area contributed by atoms with Crippen molar-refractivity contribution in [2.45, 2.75) is 26.4 Å². The van der Waals surface area contributed by atoms with E-state index < -0.39 is 45.0 Å². The van der Waals surface area contributed by atoms with Gasteiger partial charge < -0.3 is 15.0 Å². The number of benzene rings is 2. The normalized spacial score (nSPS) is 11.9. The zero-order valence-electron chi connectivity index (χ0n) is 20.0. The molecule has 11 nitrogen and oxygen atoms in total. The number of carbonyl (C=O) groups is 2. The summed E-state index contributed by atoms with van der Waals surface area (Å²) < 4.78 is 31.3. The molecule has 14 heteroatoms. The third kappa shape index (κ3) is 7.21. The summed E-state index contributed by atoms with van der Waals surface area (Å²) in [6.45, 7) is 2.70. The van der Waals surface area contributed by atoms with Gasteiger partial charge in [-0.25, -0.2) is 8.42 Å². The van der Waals surface area contributed by atoms with Crippen molar-refractivity contribution in [1.29, 1.82) is 0 Å². The molecular weight excluding hydrogens is 535 g/mol. The standard InChI is InChI=1S/C22H26Cl2N4O7S/c1-5-25-22(30)14(2)26(12-15-6-8-17(23)18(24)10-15)21(29)13-27(36(4,33)34)19-11-16(28(31)32)7-9-20(19)35-3/h6-11,14H,5,12-13H2,1-4H3,(H,25,30)/t14-/m0/s1. The monoisotopic (exact) mass is 560 g/mol. The van der Waals surface area contributed by atoms with E-state index in [-0.39, 0.29) is 23.0 Å². The summed E-state index contributed by atoms with van der Waals surface area (Å²) in [6.07, 6.45) is 0.856. The first kappa shape index (κ1) is 29.1. The molecule has 2 aromatic carbocycles. The lowest BCUT2D eigenvalue weighted by atomic mass is 10.1. The van der Waals surface area contributed by atoms with Gasteiger partial charge in [-0.1, -0.05) is 29.3 Å². The number of nitrogens with zero attached hydrogens (tertiary/aromatic N) is 3. The van der Waals surface area contributed by atoms with E-state index in [1.54, 1.807) is 13.0 Å². The molecule has 1 atom stereocenters. The Bertz CT molecular complexity index is 1260. The number of non-ortho nitro benzene ring substituents is 1. The maximum Gasteiger partial charge on any atom is 0.271 e. The third-order valence-corrected chi connectivity index (χ3v) is 7.04. The highest BCUT2D eigenvalue weighted by Gasteiger charge is 2.32. The molecule has 2 aromatic rings. The molecule has 2 amide bonds. The number of amides is 2. The minimum atomic E-state index is -4.12. The molecule has 196 valence electrons. The Balaban J connectivity index is 2.53. The molecule has 0 aliphatic heterocycles. The number of carbonyl (C=O) groups excluding carboxylic acids is 2. The van der Waals surface area contributed by atoms with Crippen molar-refractivity contribution in [2.24, 2.45) is 0 Å². The van der Waals surface area contributed by atoms with E-state index in [1.807, 2.05) is 0 Å². The number of nitrogens with one attached hydrogen (secondary N) is 1. The Morgan fingerprint density at radius 3 is 2.36 bits per heavy atom. The van der Waals surface area contributed by atoms with Crippen LogP contribution in [0.2, 0.25) is 10.0 Å². The highest BCUT2D eigenvalue weighted by molar-refractivity contribution is 7.92. The highest BCUT2D eigenvalue weighted by Crippen LogP contribution is 2.34. The summed E-state index contributed by atoms with van der Waals surface area (Å²) in [5.41, 5.74) is -0.0364. The third-order valence-electron chi connectivity index (χ3n) is 5.18. The zero-order valence-corrected chi connectivity index (χ0v) is 22.4. The number of sulfonamides is 1. The number of rotatable bonds is 11. The van der Waals surface area contributed by atoms with Gasteiger partial charge in [0.15, 0.2) is 0 Å². The van der Waals surface area contributed by atoms with Crippen LogP contribution in [0.4, 0.5) is 11.4 Å². The van der Waals surface area contributed by atoms with Crippen molar-refractivity contribution in [3.63, 3.8) is 0 Å². The SMILES string of the molecule is CCNC(=O)[C@H](C)N(Cc1ccc(Cl)c(Cl)c1)C(=O)CN(c1cc([N+](=O)[O-])ccc1OC)S(C)(=O)=O. The van der Waals surface area contributed by atoms with E-state index in [0.717, 1.165) is 18.4 Å². The van der Waals surface area contributed by atoms with Gasteiger partial charge in [-0.05, 0) is 37.6 Å². The number of anilines is 1. The molecule has 0 radical (unpaired) electrons. The van der Waals surface area contributed by atoms with Crippen LogP contribution in [0.1, 0.15) is 19.4 Å². The fourth-order valence-corrected chi connectivity index (χ4v) is 4.49. The van der Waals surface area contributed by atoms with E-state index >= 15 is 0 Å². The van der Waals surface area contributed by atoms with E-state index in [9.17, 15) is 28.1 Å². The molecule has 0 aromatic heterocycles. The van der Waals surface area contributed by atoms with Gasteiger partial charge in [0.1, 0.15) is 24.0 Å². The first-order valence-corrected chi connectivity index (χ1v) is 13.2. The van der Waals surface area contributed by atoms with Gasteiger partial charge in [-0.3, -0.25) is 24.0 Å². The predicted molar refractivity (Wildman–Crippen MR) is 137 cm³/mol. The fourth-order valence-electron chi connectivity index (χ4n) is 3.32. The van der Waals surface area contributed by atoms with Gasteiger partial charge in [-0.15, -0.1) is 0 Å². The summed E-state index contributed by atoms with van der Waals surface area (Å²) in [6, 6.07) is 7.10. The Morgan fingerprint density at radius 1 is 1.17 bits per heavy atom. The van der Waals surface area contributed by atoms with Gasteiger partial charge in [-0.2, -0.15) is 0 Å². The van der Waals surface area contributed by atoms with Crippen molar-refractivity contribution < 1.29 is 27.7 Å². The molecule has 1 N–H and O–H groups in total. The van der Waals surface area contributed by atoms with Gasteiger partial charge in [0.2, 0.25) is 21.8 Å². The van der Waals surface area contributed by atoms with Crippen molar-refractivity contribution in [3.8, 4) is 5.75 Å². The van der Waals surface area contributed by atoms with Crippen molar-refractivity contribution >= 4 is 56.4 Å². The number of methoxy groups -OCH3 is 1. The maximum absolute atomic E-state index is 13.5. The second kappa shape index (κ2) is 12.2. The largest absolute Gasteiger partial charge is 0.495 e. The van der Waals surface area contributed by atoms with Crippen LogP contribution in [0.15, 0.2) is 36.4 Å². The molecular formula is C22H26Cl2N4O7S. The van der Waals surface area contributed by atoms with E-state index in [1.165, 1.54) is 37.1 Å². The van der Waals surface area contributed by atoms with Crippen molar-refractivity contribution in [2.75, 3.05) is 30.8 Å². The highest BCUT2D eigenvalue weighted by atomic mass is 35.5. The molecule has 2 rings (SSSR count). The first-order chi connectivity index (χ1) is 16.8. The zero-order chi connectivity index (χ0) is 27.2. The molecule has 36 heavy (non-hydrogen) atoms. The van der Waals surface area contributed by atoms with Crippen LogP contribution < -0.4 is 14.4 Å². The molecule has 0 fully saturated rings. The van der Waals surface area contributed by atoms with Crippen LogP contribution in [0.5, 0.6) is 5.75 Å². The molecule has 0 heterocycles. The quantitative estimate of drug-likeness (QED) is 0.328. The average molecular weight is 561 g/mol. The molecule has 0 unspecified atom stereocenters. The van der Waals surface area contributed by atoms with Gasteiger partial charge in [0, 0.05) is 25.2 Å². The second-order valence-corrected chi connectivity index (χ2v) is 10.4. The molecule has 0 aliphatic rings. The topological polar surface area (TPSA) is 139 Å². The van der Waals surface area contributed by atoms with Crippen LogP contribution in [-0.4, -0.2) is 62.6 Å². The summed E-state index contributed by atoms with van der Waals surface area (Å²) in [4.78, 5) is 37.9. The number of nitro groups is 1. The average Bonchev–Trinajstić information content (AvgIpc) is 2.81.